The Hall–Kier alpha value is -0.160. The number of aliphatic hydroxyl groups excluding tert-OH is 2. The second-order valence-corrected chi connectivity index (χ2v) is 1.56. The van der Waals surface area contributed by atoms with Crippen LogP contribution >= 0.6 is 0 Å². The van der Waals surface area contributed by atoms with Gasteiger partial charge in [0.05, 0.1) is 0 Å². The summed E-state index contributed by atoms with van der Waals surface area (Å²) >= 11 is 0. The maximum absolute atomic E-state index is 8.55. The van der Waals surface area contributed by atoms with Crippen LogP contribution in [0.4, 0.5) is 0 Å². The van der Waals surface area contributed by atoms with E-state index in [9.17, 15) is 0 Å². The Balaban J connectivity index is 3.17. The molecule has 0 aliphatic heterocycles. The second kappa shape index (κ2) is 3.80. The number of rotatable bonds is 3. The maximum atomic E-state index is 8.55. The number of hydrogen-bond acceptors (Lipinski definition) is 4. The molecule has 50 valence electrons. The van der Waals surface area contributed by atoms with Crippen molar-refractivity contribution in [3.63, 3.8) is 0 Å². The minimum atomic E-state index is -1.65. The summed E-state index contributed by atoms with van der Waals surface area (Å²) in [5.41, 5.74) is 4.98. The first kappa shape index (κ1) is 7.84. The highest BCUT2D eigenvalue weighted by Crippen LogP contribution is 1.91. The van der Waals surface area contributed by atoms with Gasteiger partial charge in [0.2, 0.25) is 0 Å². The molecule has 5 N–H and O–H groups in total. The maximum Gasteiger partial charge on any atom is 0.178 e. The highest BCUT2D eigenvalue weighted by atomic mass is 16.5. The van der Waals surface area contributed by atoms with Crippen LogP contribution in [0.5, 0.6) is 0 Å². The van der Waals surface area contributed by atoms with Gasteiger partial charge < -0.3 is 21.1 Å². The van der Waals surface area contributed by atoms with Gasteiger partial charge in [-0.2, -0.15) is 0 Å². The highest BCUT2D eigenvalue weighted by molar-refractivity contribution is 4.55. The lowest BCUT2D eigenvalue weighted by molar-refractivity contribution is -0.122. The molecule has 8 heavy (non-hydrogen) atoms. The van der Waals surface area contributed by atoms with E-state index < -0.39 is 12.4 Å². The van der Waals surface area contributed by atoms with Crippen molar-refractivity contribution in [3.8, 4) is 0 Å². The molecular weight excluding hydrogens is 110 g/mol. The average Bonchev–Trinajstić information content (AvgIpc) is 1.67. The minimum absolute atomic E-state index is 0.220. The molecule has 0 amide bonds. The summed E-state index contributed by atoms with van der Waals surface area (Å²) < 4.78 is 0. The van der Waals surface area contributed by atoms with E-state index in [0.717, 1.165) is 0 Å². The van der Waals surface area contributed by atoms with E-state index in [1.54, 1.807) is 0 Å². The Labute approximate surface area is 47.6 Å². The predicted molar refractivity (Wildman–Crippen MR) is 27.9 cm³/mol. The van der Waals surface area contributed by atoms with Crippen LogP contribution in [0, 0.1) is 0 Å². The van der Waals surface area contributed by atoms with Crippen molar-refractivity contribution in [2.75, 3.05) is 6.54 Å². The summed E-state index contributed by atoms with van der Waals surface area (Å²) in [5.74, 6) is 0. The predicted octanol–water partition coefficient (Wildman–Crippen LogP) is -1.99. The summed E-state index contributed by atoms with van der Waals surface area (Å²) in [5, 5.41) is 25.0. The quantitative estimate of drug-likeness (QED) is 0.325. The molecule has 0 aromatic rings. The third-order valence-electron chi connectivity index (χ3n) is 0.807. The first-order chi connectivity index (χ1) is 3.68. The normalized spacial score (nSPS) is 14.6. The number of aliphatic hydroxyl groups is 3. The van der Waals surface area contributed by atoms with Gasteiger partial charge in [-0.3, -0.25) is 0 Å². The van der Waals surface area contributed by atoms with Crippen LogP contribution in [-0.4, -0.2) is 34.3 Å². The van der Waals surface area contributed by atoms with E-state index in [2.05, 4.69) is 0 Å². The van der Waals surface area contributed by atoms with E-state index >= 15 is 0 Å². The summed E-state index contributed by atoms with van der Waals surface area (Å²) in [7, 11) is 0. The molecule has 0 aliphatic carbocycles. The smallest absolute Gasteiger partial charge is 0.178 e. The molecule has 0 fully saturated rings. The monoisotopic (exact) mass is 121 g/mol. The Morgan fingerprint density at radius 1 is 1.25 bits per heavy atom. The summed E-state index contributed by atoms with van der Waals surface area (Å²) in [6.45, 7) is 0.263. The Morgan fingerprint density at radius 2 is 1.75 bits per heavy atom. The molecule has 1 unspecified atom stereocenters. The van der Waals surface area contributed by atoms with Gasteiger partial charge >= 0.3 is 0 Å². The third kappa shape index (κ3) is 2.92. The number of nitrogens with two attached hydrogens (primary N) is 1. The summed E-state index contributed by atoms with van der Waals surface area (Å²) in [4.78, 5) is 0. The van der Waals surface area contributed by atoms with Crippen LogP contribution in [0.3, 0.4) is 0 Å². The Kier molecular flexibility index (Phi) is 3.72. The molecule has 0 rings (SSSR count). The van der Waals surface area contributed by atoms with Gasteiger partial charge in [-0.15, -0.1) is 0 Å². The molecule has 1 atom stereocenters. The topological polar surface area (TPSA) is 86.7 Å². The van der Waals surface area contributed by atoms with Crippen molar-refractivity contribution in [1.82, 2.24) is 0 Å². The zero-order valence-electron chi connectivity index (χ0n) is 4.49. The van der Waals surface area contributed by atoms with Crippen molar-refractivity contribution in [1.29, 1.82) is 0 Å². The van der Waals surface area contributed by atoms with Gasteiger partial charge in [-0.25, -0.2) is 0 Å². The Bertz CT molecular complexity index is 57.2. The van der Waals surface area contributed by atoms with Crippen LogP contribution in [0.25, 0.3) is 0 Å². The Morgan fingerprint density at radius 3 is 1.88 bits per heavy atom. The van der Waals surface area contributed by atoms with Crippen molar-refractivity contribution in [2.24, 2.45) is 5.73 Å². The molecule has 0 bridgehead atoms. The largest absolute Gasteiger partial charge is 0.388 e. The molecular formula is C4H11NO3. The SMILES string of the molecule is NCCC(O)C(O)O. The highest BCUT2D eigenvalue weighted by Gasteiger charge is 2.09. The lowest BCUT2D eigenvalue weighted by Crippen LogP contribution is -2.27. The zero-order valence-corrected chi connectivity index (χ0v) is 4.49. The van der Waals surface area contributed by atoms with Crippen molar-refractivity contribution in [2.45, 2.75) is 18.8 Å². The summed E-state index contributed by atoms with van der Waals surface area (Å²) in [6.07, 6.45) is -2.53. The average molecular weight is 121 g/mol. The van der Waals surface area contributed by atoms with Crippen LogP contribution in [0.15, 0.2) is 0 Å². The van der Waals surface area contributed by atoms with E-state index in [4.69, 9.17) is 21.1 Å². The van der Waals surface area contributed by atoms with Gasteiger partial charge in [0, 0.05) is 0 Å². The first-order valence-electron chi connectivity index (χ1n) is 2.42. The van der Waals surface area contributed by atoms with Crippen molar-refractivity contribution >= 4 is 0 Å². The molecule has 4 heteroatoms. The third-order valence-corrected chi connectivity index (χ3v) is 0.807. The van der Waals surface area contributed by atoms with Crippen LogP contribution in [-0.2, 0) is 0 Å². The van der Waals surface area contributed by atoms with Gasteiger partial charge in [0.15, 0.2) is 6.29 Å². The first-order valence-corrected chi connectivity index (χ1v) is 2.42. The molecule has 0 heterocycles. The van der Waals surface area contributed by atoms with Gasteiger partial charge in [-0.05, 0) is 13.0 Å². The van der Waals surface area contributed by atoms with E-state index in [0.29, 0.717) is 0 Å². The van der Waals surface area contributed by atoms with E-state index in [1.165, 1.54) is 0 Å². The van der Waals surface area contributed by atoms with Crippen molar-refractivity contribution in [3.05, 3.63) is 0 Å². The lowest BCUT2D eigenvalue weighted by atomic mass is 10.2. The molecule has 0 saturated heterocycles. The van der Waals surface area contributed by atoms with E-state index in [-0.39, 0.29) is 13.0 Å². The fraction of sp³-hybridized carbons (Fsp3) is 1.00. The standard InChI is InChI=1S/C4H11NO3/c5-2-1-3(6)4(7)8/h3-4,6-8H,1-2,5H2. The molecule has 0 aromatic heterocycles. The summed E-state index contributed by atoms with van der Waals surface area (Å²) in [6, 6.07) is 0. The lowest BCUT2D eigenvalue weighted by Gasteiger charge is -2.09. The van der Waals surface area contributed by atoms with Crippen LogP contribution in [0.1, 0.15) is 6.42 Å². The van der Waals surface area contributed by atoms with Crippen LogP contribution < -0.4 is 5.73 Å². The van der Waals surface area contributed by atoms with Gasteiger partial charge in [-0.1, -0.05) is 0 Å². The van der Waals surface area contributed by atoms with E-state index in [1.807, 2.05) is 0 Å². The number of hydrogen-bond donors (Lipinski definition) is 4. The molecule has 0 aliphatic rings. The fourth-order valence-electron chi connectivity index (χ4n) is 0.320. The second-order valence-electron chi connectivity index (χ2n) is 1.56. The molecule has 0 aromatic carbocycles. The minimum Gasteiger partial charge on any atom is -0.388 e. The molecule has 0 spiro atoms. The van der Waals surface area contributed by atoms with Crippen molar-refractivity contribution < 1.29 is 15.3 Å². The fourth-order valence-corrected chi connectivity index (χ4v) is 0.320. The van der Waals surface area contributed by atoms with Gasteiger partial charge in [0.25, 0.3) is 0 Å². The van der Waals surface area contributed by atoms with Crippen LogP contribution in [0.2, 0.25) is 0 Å². The molecule has 4 nitrogen and oxygen atoms in total. The van der Waals surface area contributed by atoms with Gasteiger partial charge in [0.1, 0.15) is 6.10 Å². The molecule has 0 radical (unpaired) electrons. The molecule has 0 saturated carbocycles. The zero-order chi connectivity index (χ0) is 6.57.